The van der Waals surface area contributed by atoms with Gasteiger partial charge in [-0.25, -0.2) is 4.98 Å². The van der Waals surface area contributed by atoms with Gasteiger partial charge in [0.05, 0.1) is 25.5 Å². The molecule has 0 saturated carbocycles. The molecule has 0 fully saturated rings. The number of halogens is 1. The first-order valence-electron chi connectivity index (χ1n) is 5.51. The molecule has 0 unspecified atom stereocenters. The van der Waals surface area contributed by atoms with Crippen molar-refractivity contribution in [2.24, 2.45) is 0 Å². The molecular weight excluding hydrogens is 270 g/mol. The largest absolute Gasteiger partial charge is 0.497 e. The molecule has 0 N–H and O–H groups in total. The van der Waals surface area contributed by atoms with Gasteiger partial charge < -0.3 is 9.47 Å². The quantitative estimate of drug-likeness (QED) is 0.786. The summed E-state index contributed by atoms with van der Waals surface area (Å²) in [5.74, 6) is 2.12. The van der Waals surface area contributed by atoms with E-state index in [1.54, 1.807) is 25.6 Å². The average molecular weight is 284 g/mol. The Kier molecular flexibility index (Phi) is 4.44. The number of rotatable bonds is 5. The Hall–Kier alpha value is -1.26. The van der Waals surface area contributed by atoms with Crippen molar-refractivity contribution in [1.29, 1.82) is 0 Å². The fourth-order valence-corrected chi connectivity index (χ4v) is 2.69. The number of hydrogen-bond acceptors (Lipinski definition) is 4. The van der Waals surface area contributed by atoms with Crippen molar-refractivity contribution >= 4 is 22.9 Å². The normalized spacial score (nSPS) is 10.4. The fraction of sp³-hybridized carbons (Fsp3) is 0.308. The third kappa shape index (κ3) is 2.76. The first-order valence-corrected chi connectivity index (χ1v) is 6.92. The van der Waals surface area contributed by atoms with Crippen LogP contribution in [0.1, 0.15) is 5.69 Å². The first-order chi connectivity index (χ1) is 8.78. The van der Waals surface area contributed by atoms with Crippen LogP contribution in [0.3, 0.4) is 0 Å². The van der Waals surface area contributed by atoms with Crippen molar-refractivity contribution in [1.82, 2.24) is 4.98 Å². The molecule has 0 aliphatic carbocycles. The van der Waals surface area contributed by atoms with Gasteiger partial charge in [0, 0.05) is 23.7 Å². The zero-order valence-electron chi connectivity index (χ0n) is 10.3. The van der Waals surface area contributed by atoms with Crippen molar-refractivity contribution in [3.63, 3.8) is 0 Å². The molecule has 2 aromatic rings. The standard InChI is InChI=1S/C13H14ClNO2S/c1-16-10-3-4-11(12(7-10)17-2)13-15-9(5-6-14)8-18-13/h3-4,7-8H,5-6H2,1-2H3. The molecule has 2 rings (SSSR count). The van der Waals surface area contributed by atoms with Gasteiger partial charge in [-0.15, -0.1) is 22.9 Å². The number of nitrogens with zero attached hydrogens (tertiary/aromatic N) is 1. The van der Waals surface area contributed by atoms with E-state index < -0.39 is 0 Å². The van der Waals surface area contributed by atoms with Gasteiger partial charge in [-0.05, 0) is 12.1 Å². The predicted molar refractivity (Wildman–Crippen MR) is 75.1 cm³/mol. The number of aryl methyl sites for hydroxylation is 1. The van der Waals surface area contributed by atoms with E-state index in [1.807, 2.05) is 23.6 Å². The van der Waals surface area contributed by atoms with Crippen LogP contribution in [0.15, 0.2) is 23.6 Å². The van der Waals surface area contributed by atoms with Crippen LogP contribution in [0.4, 0.5) is 0 Å². The third-order valence-electron chi connectivity index (χ3n) is 2.54. The van der Waals surface area contributed by atoms with Gasteiger partial charge in [-0.3, -0.25) is 0 Å². The van der Waals surface area contributed by atoms with E-state index in [0.29, 0.717) is 5.88 Å². The molecule has 0 bridgehead atoms. The van der Waals surface area contributed by atoms with E-state index in [2.05, 4.69) is 4.98 Å². The molecule has 1 aromatic carbocycles. The van der Waals surface area contributed by atoms with Crippen LogP contribution in [0.2, 0.25) is 0 Å². The van der Waals surface area contributed by atoms with Crippen LogP contribution < -0.4 is 9.47 Å². The number of thiazole rings is 1. The monoisotopic (exact) mass is 283 g/mol. The van der Waals surface area contributed by atoms with Gasteiger partial charge in [-0.1, -0.05) is 0 Å². The molecule has 96 valence electrons. The topological polar surface area (TPSA) is 31.4 Å². The Bertz CT molecular complexity index is 527. The van der Waals surface area contributed by atoms with E-state index in [9.17, 15) is 0 Å². The molecule has 0 aliphatic heterocycles. The highest BCUT2D eigenvalue weighted by Gasteiger charge is 2.11. The average Bonchev–Trinajstić information content (AvgIpc) is 2.87. The van der Waals surface area contributed by atoms with Gasteiger partial charge in [0.25, 0.3) is 0 Å². The SMILES string of the molecule is COc1ccc(-c2nc(CCCl)cs2)c(OC)c1. The van der Waals surface area contributed by atoms with Crippen molar-refractivity contribution in [3.05, 3.63) is 29.3 Å². The lowest BCUT2D eigenvalue weighted by molar-refractivity contribution is 0.395. The summed E-state index contributed by atoms with van der Waals surface area (Å²) < 4.78 is 10.5. The Morgan fingerprint density at radius 2 is 2.11 bits per heavy atom. The summed E-state index contributed by atoms with van der Waals surface area (Å²) in [6.45, 7) is 0. The number of methoxy groups -OCH3 is 2. The zero-order valence-corrected chi connectivity index (χ0v) is 11.8. The highest BCUT2D eigenvalue weighted by molar-refractivity contribution is 7.13. The molecule has 0 saturated heterocycles. The Morgan fingerprint density at radius 3 is 2.78 bits per heavy atom. The molecule has 0 aliphatic rings. The maximum Gasteiger partial charge on any atom is 0.132 e. The number of hydrogen-bond donors (Lipinski definition) is 0. The van der Waals surface area contributed by atoms with E-state index in [0.717, 1.165) is 34.2 Å². The van der Waals surface area contributed by atoms with Gasteiger partial charge in [0.2, 0.25) is 0 Å². The van der Waals surface area contributed by atoms with E-state index >= 15 is 0 Å². The Morgan fingerprint density at radius 1 is 1.28 bits per heavy atom. The number of benzene rings is 1. The molecular formula is C13H14ClNO2S. The number of aromatic nitrogens is 1. The zero-order chi connectivity index (χ0) is 13.0. The van der Waals surface area contributed by atoms with Gasteiger partial charge in [0.1, 0.15) is 16.5 Å². The highest BCUT2D eigenvalue weighted by atomic mass is 35.5. The second-order valence-corrected chi connectivity index (χ2v) is 4.89. The van der Waals surface area contributed by atoms with Crippen molar-refractivity contribution in [3.8, 4) is 22.1 Å². The third-order valence-corrected chi connectivity index (χ3v) is 3.65. The Labute approximate surface area is 115 Å². The molecule has 5 heteroatoms. The second kappa shape index (κ2) is 6.07. The highest BCUT2D eigenvalue weighted by Crippen LogP contribution is 2.35. The molecule has 18 heavy (non-hydrogen) atoms. The second-order valence-electron chi connectivity index (χ2n) is 3.65. The van der Waals surface area contributed by atoms with E-state index in [-0.39, 0.29) is 0 Å². The molecule has 0 spiro atoms. The molecule has 0 radical (unpaired) electrons. The first kappa shape index (κ1) is 13.2. The van der Waals surface area contributed by atoms with Gasteiger partial charge in [-0.2, -0.15) is 0 Å². The lowest BCUT2D eigenvalue weighted by Crippen LogP contribution is -1.91. The maximum atomic E-state index is 5.71. The molecule has 1 heterocycles. The minimum absolute atomic E-state index is 0.586. The van der Waals surface area contributed by atoms with Crippen molar-refractivity contribution in [2.75, 3.05) is 20.1 Å². The summed E-state index contributed by atoms with van der Waals surface area (Å²) in [5.41, 5.74) is 1.99. The van der Waals surface area contributed by atoms with Crippen LogP contribution in [-0.2, 0) is 6.42 Å². The summed E-state index contributed by atoms with van der Waals surface area (Å²) in [7, 11) is 3.28. The summed E-state index contributed by atoms with van der Waals surface area (Å²) in [6, 6.07) is 5.72. The summed E-state index contributed by atoms with van der Waals surface area (Å²) in [6.07, 6.45) is 0.788. The van der Waals surface area contributed by atoms with Crippen LogP contribution in [0.5, 0.6) is 11.5 Å². The lowest BCUT2D eigenvalue weighted by Gasteiger charge is -2.08. The summed E-state index contributed by atoms with van der Waals surface area (Å²) in [5, 5.41) is 2.97. The molecule has 0 atom stereocenters. The number of alkyl halides is 1. The fourth-order valence-electron chi connectivity index (χ4n) is 1.62. The van der Waals surface area contributed by atoms with Gasteiger partial charge >= 0.3 is 0 Å². The van der Waals surface area contributed by atoms with Crippen LogP contribution in [0.25, 0.3) is 10.6 Å². The minimum Gasteiger partial charge on any atom is -0.497 e. The predicted octanol–water partition coefficient (Wildman–Crippen LogP) is 3.61. The summed E-state index contributed by atoms with van der Waals surface area (Å²) >= 11 is 7.31. The minimum atomic E-state index is 0.586. The smallest absolute Gasteiger partial charge is 0.132 e. The van der Waals surface area contributed by atoms with Crippen molar-refractivity contribution in [2.45, 2.75) is 6.42 Å². The lowest BCUT2D eigenvalue weighted by atomic mass is 10.2. The molecule has 0 amide bonds. The molecule has 1 aromatic heterocycles. The van der Waals surface area contributed by atoms with Crippen LogP contribution >= 0.6 is 22.9 Å². The van der Waals surface area contributed by atoms with Gasteiger partial charge in [0.15, 0.2) is 0 Å². The number of ether oxygens (including phenoxy) is 2. The molecule has 3 nitrogen and oxygen atoms in total. The van der Waals surface area contributed by atoms with Crippen LogP contribution in [-0.4, -0.2) is 25.1 Å². The van der Waals surface area contributed by atoms with E-state index in [1.165, 1.54) is 0 Å². The summed E-state index contributed by atoms with van der Waals surface area (Å²) in [4.78, 5) is 4.55. The maximum absolute atomic E-state index is 5.71. The Balaban J connectivity index is 2.36. The van der Waals surface area contributed by atoms with E-state index in [4.69, 9.17) is 21.1 Å². The van der Waals surface area contributed by atoms with Crippen LogP contribution in [0, 0.1) is 0 Å². The van der Waals surface area contributed by atoms with Crippen molar-refractivity contribution < 1.29 is 9.47 Å².